The topological polar surface area (TPSA) is 25.2 Å². The highest BCUT2D eigenvalue weighted by molar-refractivity contribution is 6.32. The summed E-state index contributed by atoms with van der Waals surface area (Å²) in [6, 6.07) is 4.07. The van der Waals surface area contributed by atoms with Crippen LogP contribution in [0.3, 0.4) is 0 Å². The highest BCUT2D eigenvalue weighted by atomic mass is 35.5. The molecule has 0 spiro atoms. The van der Waals surface area contributed by atoms with Crippen molar-refractivity contribution in [2.24, 2.45) is 0 Å². The van der Waals surface area contributed by atoms with Crippen molar-refractivity contribution in [3.8, 4) is 0 Å². The summed E-state index contributed by atoms with van der Waals surface area (Å²) in [6.45, 7) is 4.84. The predicted octanol–water partition coefficient (Wildman–Crippen LogP) is 2.90. The van der Waals surface area contributed by atoms with Gasteiger partial charge >= 0.3 is 0 Å². The van der Waals surface area contributed by atoms with Crippen LogP contribution in [0, 0.1) is 13.8 Å². The highest BCUT2D eigenvalue weighted by Crippen LogP contribution is 2.27. The fourth-order valence-electron chi connectivity index (χ4n) is 1.89. The van der Waals surface area contributed by atoms with Gasteiger partial charge in [0.2, 0.25) is 0 Å². The number of aromatic nitrogens is 1. The van der Waals surface area contributed by atoms with Gasteiger partial charge < -0.3 is 9.67 Å². The largest absolute Gasteiger partial charge is 0.395 e. The molecule has 1 aromatic heterocycles. The first-order valence-electron chi connectivity index (χ1n) is 5.00. The van der Waals surface area contributed by atoms with Crippen molar-refractivity contribution in [1.29, 1.82) is 0 Å². The lowest BCUT2D eigenvalue weighted by atomic mass is 10.1. The van der Waals surface area contributed by atoms with E-state index in [0.29, 0.717) is 6.54 Å². The van der Waals surface area contributed by atoms with Crippen LogP contribution in [0.4, 0.5) is 0 Å². The summed E-state index contributed by atoms with van der Waals surface area (Å²) in [4.78, 5) is 0. The molecule has 0 amide bonds. The molecule has 0 aliphatic rings. The minimum absolute atomic E-state index is 0.148. The minimum Gasteiger partial charge on any atom is -0.395 e. The third-order valence-electron chi connectivity index (χ3n) is 2.70. The van der Waals surface area contributed by atoms with Crippen LogP contribution in [-0.2, 0) is 6.54 Å². The van der Waals surface area contributed by atoms with Gasteiger partial charge in [-0.2, -0.15) is 0 Å². The van der Waals surface area contributed by atoms with E-state index in [0.717, 1.165) is 16.1 Å². The summed E-state index contributed by atoms with van der Waals surface area (Å²) in [5, 5.41) is 10.9. The summed E-state index contributed by atoms with van der Waals surface area (Å²) in [7, 11) is 0. The number of hydrogen-bond donors (Lipinski definition) is 1. The van der Waals surface area contributed by atoms with Crippen molar-refractivity contribution in [3.63, 3.8) is 0 Å². The molecule has 0 radical (unpaired) electrons. The molecule has 0 saturated heterocycles. The molecular formula is C12H14ClNO. The first kappa shape index (κ1) is 10.5. The van der Waals surface area contributed by atoms with Crippen molar-refractivity contribution in [2.45, 2.75) is 20.4 Å². The molecule has 0 atom stereocenters. The molecule has 0 aliphatic heterocycles. The van der Waals surface area contributed by atoms with Gasteiger partial charge in [-0.05, 0) is 37.1 Å². The Labute approximate surface area is 94.1 Å². The zero-order valence-electron chi connectivity index (χ0n) is 8.92. The Morgan fingerprint density at radius 1 is 1.27 bits per heavy atom. The smallest absolute Gasteiger partial charge is 0.0610 e. The fraction of sp³-hybridized carbons (Fsp3) is 0.333. The third kappa shape index (κ3) is 1.75. The maximum Gasteiger partial charge on any atom is 0.0610 e. The Hall–Kier alpha value is -0.990. The molecular weight excluding hydrogens is 210 g/mol. The van der Waals surface area contributed by atoms with E-state index in [1.165, 1.54) is 10.9 Å². The van der Waals surface area contributed by atoms with Crippen molar-refractivity contribution in [1.82, 2.24) is 4.57 Å². The molecule has 1 N–H and O–H groups in total. The first-order chi connectivity index (χ1) is 7.13. The quantitative estimate of drug-likeness (QED) is 0.832. The summed E-state index contributed by atoms with van der Waals surface area (Å²) in [5.41, 5.74) is 3.41. The lowest BCUT2D eigenvalue weighted by molar-refractivity contribution is 0.278. The number of benzene rings is 1. The van der Waals surface area contributed by atoms with E-state index in [1.807, 2.05) is 17.6 Å². The van der Waals surface area contributed by atoms with Crippen LogP contribution in [0.2, 0.25) is 5.02 Å². The molecule has 0 aliphatic carbocycles. The van der Waals surface area contributed by atoms with Crippen LogP contribution >= 0.6 is 11.6 Å². The molecule has 80 valence electrons. The van der Waals surface area contributed by atoms with Crippen LogP contribution < -0.4 is 0 Å². The van der Waals surface area contributed by atoms with Crippen LogP contribution in [0.5, 0.6) is 0 Å². The van der Waals surface area contributed by atoms with Gasteiger partial charge in [0.1, 0.15) is 0 Å². The molecule has 0 unspecified atom stereocenters. The monoisotopic (exact) mass is 223 g/mol. The van der Waals surface area contributed by atoms with Crippen molar-refractivity contribution in [3.05, 3.63) is 34.5 Å². The second-order valence-corrected chi connectivity index (χ2v) is 4.25. The van der Waals surface area contributed by atoms with Gasteiger partial charge in [-0.25, -0.2) is 0 Å². The lowest BCUT2D eigenvalue weighted by Gasteiger charge is -2.04. The van der Waals surface area contributed by atoms with E-state index >= 15 is 0 Å². The van der Waals surface area contributed by atoms with Crippen LogP contribution in [0.15, 0.2) is 18.3 Å². The third-order valence-corrected chi connectivity index (χ3v) is 3.11. The van der Waals surface area contributed by atoms with Crippen LogP contribution in [-0.4, -0.2) is 16.3 Å². The fourth-order valence-corrected chi connectivity index (χ4v) is 2.05. The lowest BCUT2D eigenvalue weighted by Crippen LogP contribution is -1.99. The molecule has 3 heteroatoms. The average molecular weight is 224 g/mol. The highest BCUT2D eigenvalue weighted by Gasteiger charge is 2.07. The number of aryl methyl sites for hydroxylation is 2. The normalized spacial score (nSPS) is 11.2. The Morgan fingerprint density at radius 3 is 2.67 bits per heavy atom. The molecule has 1 aromatic carbocycles. The predicted molar refractivity (Wildman–Crippen MR) is 63.5 cm³/mol. The van der Waals surface area contributed by atoms with Gasteiger partial charge in [-0.3, -0.25) is 0 Å². The van der Waals surface area contributed by atoms with E-state index in [1.54, 1.807) is 0 Å². The van der Waals surface area contributed by atoms with E-state index in [-0.39, 0.29) is 6.61 Å². The molecule has 0 saturated carbocycles. The van der Waals surface area contributed by atoms with Crippen LogP contribution in [0.25, 0.3) is 10.9 Å². The van der Waals surface area contributed by atoms with Crippen molar-refractivity contribution in [2.75, 3.05) is 6.61 Å². The van der Waals surface area contributed by atoms with Gasteiger partial charge in [0.15, 0.2) is 0 Å². The van der Waals surface area contributed by atoms with Gasteiger partial charge in [0.25, 0.3) is 0 Å². The van der Waals surface area contributed by atoms with E-state index in [4.69, 9.17) is 16.7 Å². The molecule has 1 heterocycles. The Bertz CT molecular complexity index is 502. The Kier molecular flexibility index (Phi) is 2.72. The average Bonchev–Trinajstić information content (AvgIpc) is 2.46. The van der Waals surface area contributed by atoms with E-state index in [9.17, 15) is 0 Å². The maximum atomic E-state index is 8.96. The van der Waals surface area contributed by atoms with Crippen molar-refractivity contribution < 1.29 is 5.11 Å². The number of halogens is 1. The number of aliphatic hydroxyl groups excluding tert-OH is 1. The standard InChI is InChI=1S/C12H14ClNO/c1-8-5-10-9(2)7-14(3-4-15)12(10)6-11(8)13/h5-7,15H,3-4H2,1-2H3. The van der Waals surface area contributed by atoms with Gasteiger partial charge in [-0.1, -0.05) is 11.6 Å². The van der Waals surface area contributed by atoms with E-state index < -0.39 is 0 Å². The summed E-state index contributed by atoms with van der Waals surface area (Å²) < 4.78 is 2.04. The Balaban J connectivity index is 2.70. The second kappa shape index (κ2) is 3.87. The molecule has 0 bridgehead atoms. The zero-order valence-corrected chi connectivity index (χ0v) is 9.67. The second-order valence-electron chi connectivity index (χ2n) is 3.85. The van der Waals surface area contributed by atoms with Gasteiger partial charge in [-0.15, -0.1) is 0 Å². The maximum absolute atomic E-state index is 8.96. The van der Waals surface area contributed by atoms with Crippen LogP contribution in [0.1, 0.15) is 11.1 Å². The van der Waals surface area contributed by atoms with Gasteiger partial charge in [0, 0.05) is 28.7 Å². The number of aliphatic hydroxyl groups is 1. The SMILES string of the molecule is Cc1cc2c(C)cn(CCO)c2cc1Cl. The molecule has 2 nitrogen and oxygen atoms in total. The number of nitrogens with zero attached hydrogens (tertiary/aromatic N) is 1. The number of rotatable bonds is 2. The summed E-state index contributed by atoms with van der Waals surface area (Å²) in [5.74, 6) is 0. The minimum atomic E-state index is 0.148. The molecule has 2 rings (SSSR count). The first-order valence-corrected chi connectivity index (χ1v) is 5.37. The number of fused-ring (bicyclic) bond motifs is 1. The number of hydrogen-bond acceptors (Lipinski definition) is 1. The summed E-state index contributed by atoms with van der Waals surface area (Å²) in [6.07, 6.45) is 2.05. The zero-order chi connectivity index (χ0) is 11.0. The molecule has 0 fully saturated rings. The van der Waals surface area contributed by atoms with E-state index in [2.05, 4.69) is 19.2 Å². The Morgan fingerprint density at radius 2 is 2.00 bits per heavy atom. The van der Waals surface area contributed by atoms with Crippen molar-refractivity contribution >= 4 is 22.5 Å². The van der Waals surface area contributed by atoms with Gasteiger partial charge in [0.05, 0.1) is 6.61 Å². The summed E-state index contributed by atoms with van der Waals surface area (Å²) >= 11 is 6.09. The molecule has 2 aromatic rings. The molecule has 15 heavy (non-hydrogen) atoms.